The third-order valence-corrected chi connectivity index (χ3v) is 5.97. The predicted octanol–water partition coefficient (Wildman–Crippen LogP) is 4.60. The zero-order chi connectivity index (χ0) is 20.1. The topological polar surface area (TPSA) is 54.5 Å². The van der Waals surface area contributed by atoms with Gasteiger partial charge in [0.2, 0.25) is 11.8 Å². The van der Waals surface area contributed by atoms with Crippen molar-refractivity contribution in [2.75, 3.05) is 4.90 Å². The van der Waals surface area contributed by atoms with Crippen molar-refractivity contribution in [2.45, 2.75) is 12.3 Å². The van der Waals surface area contributed by atoms with Gasteiger partial charge in [0, 0.05) is 28.5 Å². The van der Waals surface area contributed by atoms with Crippen molar-refractivity contribution in [2.24, 2.45) is 5.92 Å². The molecular weight excluding hydrogens is 386 g/mol. The van der Waals surface area contributed by atoms with Crippen molar-refractivity contribution in [3.63, 3.8) is 0 Å². The normalized spacial score (nSPS) is 18.7. The Morgan fingerprint density at radius 2 is 1.41 bits per heavy atom. The Hall–Kier alpha value is -3.24. The molecule has 1 atom stereocenters. The van der Waals surface area contributed by atoms with Gasteiger partial charge in [-0.05, 0) is 29.3 Å². The number of halogens is 1. The van der Waals surface area contributed by atoms with Gasteiger partial charge >= 0.3 is 0 Å². The first kappa shape index (κ1) is 17.8. The molecule has 1 aliphatic heterocycles. The fourth-order valence-electron chi connectivity index (χ4n) is 4.50. The smallest absolute Gasteiger partial charge is 0.238 e. The summed E-state index contributed by atoms with van der Waals surface area (Å²) in [6, 6.07) is 21.5. The number of hydrogen-bond acceptors (Lipinski definition) is 3. The van der Waals surface area contributed by atoms with Crippen LogP contribution in [0.4, 0.5) is 5.69 Å². The van der Waals surface area contributed by atoms with E-state index in [-0.39, 0.29) is 29.9 Å². The number of rotatable bonds is 2. The lowest BCUT2D eigenvalue weighted by molar-refractivity contribution is -0.122. The monoisotopic (exact) mass is 401 g/mol. The molecule has 1 saturated heterocycles. The maximum Gasteiger partial charge on any atom is 0.238 e. The summed E-state index contributed by atoms with van der Waals surface area (Å²) in [7, 11) is 0. The molecule has 0 radical (unpaired) electrons. The minimum atomic E-state index is -0.572. The fourth-order valence-corrected chi connectivity index (χ4v) is 4.68. The van der Waals surface area contributed by atoms with Crippen LogP contribution in [0.2, 0.25) is 5.02 Å². The van der Waals surface area contributed by atoms with E-state index in [1.165, 1.54) is 4.90 Å². The summed E-state index contributed by atoms with van der Waals surface area (Å²) in [5, 5.41) is 0.463. The third-order valence-electron chi connectivity index (χ3n) is 5.73. The Balaban J connectivity index is 1.63. The van der Waals surface area contributed by atoms with Crippen molar-refractivity contribution < 1.29 is 14.4 Å². The van der Waals surface area contributed by atoms with E-state index in [4.69, 9.17) is 11.6 Å². The molecule has 0 N–H and O–H groups in total. The van der Waals surface area contributed by atoms with Crippen LogP contribution >= 0.6 is 11.6 Å². The summed E-state index contributed by atoms with van der Waals surface area (Å²) in [6.45, 7) is 0. The first-order valence-electron chi connectivity index (χ1n) is 9.41. The van der Waals surface area contributed by atoms with Gasteiger partial charge in [-0.15, -0.1) is 0 Å². The molecule has 5 rings (SSSR count). The van der Waals surface area contributed by atoms with Crippen molar-refractivity contribution in [3.8, 4) is 0 Å². The molecule has 5 heteroatoms. The van der Waals surface area contributed by atoms with Crippen LogP contribution < -0.4 is 4.90 Å². The third kappa shape index (κ3) is 2.71. The second-order valence-electron chi connectivity index (χ2n) is 7.34. The van der Waals surface area contributed by atoms with Crippen molar-refractivity contribution >= 4 is 34.9 Å². The van der Waals surface area contributed by atoms with Crippen molar-refractivity contribution in [3.05, 3.63) is 100 Å². The molecule has 29 heavy (non-hydrogen) atoms. The maximum absolute atomic E-state index is 13.4. The molecule has 0 aromatic heterocycles. The van der Waals surface area contributed by atoms with E-state index in [9.17, 15) is 14.4 Å². The Labute approximate surface area is 172 Å². The Morgan fingerprint density at radius 1 is 0.793 bits per heavy atom. The molecule has 142 valence electrons. The Bertz CT molecular complexity index is 1140. The van der Waals surface area contributed by atoms with E-state index in [1.807, 2.05) is 36.4 Å². The van der Waals surface area contributed by atoms with Gasteiger partial charge in [0.05, 0.1) is 11.6 Å². The standard InChI is InChI=1S/C24H16ClNO3/c25-14-6-5-7-15(12-14)26-21(27)13-20(24(26)29)22-16-8-1-3-10-18(16)23(28)19-11-4-2-9-17(19)22/h1-12,20,22H,13H2/t20-/m0/s1. The number of benzene rings is 3. The van der Waals surface area contributed by atoms with Gasteiger partial charge in [-0.1, -0.05) is 66.2 Å². The van der Waals surface area contributed by atoms with Crippen molar-refractivity contribution in [1.29, 1.82) is 0 Å². The summed E-state index contributed by atoms with van der Waals surface area (Å²) in [4.78, 5) is 40.4. The minimum Gasteiger partial charge on any atom is -0.289 e. The first-order valence-corrected chi connectivity index (χ1v) is 9.79. The number of carbonyl (C=O) groups excluding carboxylic acids is 3. The van der Waals surface area contributed by atoms with Crippen LogP contribution in [0.1, 0.15) is 39.4 Å². The highest BCUT2D eigenvalue weighted by atomic mass is 35.5. The average Bonchev–Trinajstić information content (AvgIpc) is 3.02. The second kappa shape index (κ2) is 6.68. The Morgan fingerprint density at radius 3 is 2.03 bits per heavy atom. The summed E-state index contributed by atoms with van der Waals surface area (Å²) in [6.07, 6.45) is 0.0902. The number of ketones is 1. The van der Waals surface area contributed by atoms with Crippen LogP contribution in [0.25, 0.3) is 0 Å². The largest absolute Gasteiger partial charge is 0.289 e. The minimum absolute atomic E-state index is 0.0454. The Kier molecular flexibility index (Phi) is 4.10. The van der Waals surface area contributed by atoms with E-state index in [1.54, 1.807) is 36.4 Å². The van der Waals surface area contributed by atoms with Crippen LogP contribution in [-0.4, -0.2) is 17.6 Å². The van der Waals surface area contributed by atoms with Gasteiger partial charge in [0.15, 0.2) is 5.78 Å². The maximum atomic E-state index is 13.4. The molecule has 0 spiro atoms. The zero-order valence-electron chi connectivity index (χ0n) is 15.3. The quantitative estimate of drug-likeness (QED) is 0.590. The molecule has 4 nitrogen and oxygen atoms in total. The van der Waals surface area contributed by atoms with Gasteiger partial charge < -0.3 is 0 Å². The fraction of sp³-hybridized carbons (Fsp3) is 0.125. The zero-order valence-corrected chi connectivity index (χ0v) is 16.1. The van der Waals surface area contributed by atoms with Gasteiger partial charge in [-0.3, -0.25) is 19.3 Å². The van der Waals surface area contributed by atoms with Gasteiger partial charge in [0.25, 0.3) is 0 Å². The molecule has 3 aromatic rings. The van der Waals surface area contributed by atoms with E-state index in [2.05, 4.69) is 0 Å². The van der Waals surface area contributed by atoms with E-state index in [0.717, 1.165) is 11.1 Å². The van der Waals surface area contributed by atoms with Crippen LogP contribution in [-0.2, 0) is 9.59 Å². The van der Waals surface area contributed by atoms with E-state index >= 15 is 0 Å². The number of hydrogen-bond donors (Lipinski definition) is 0. The molecule has 1 fully saturated rings. The van der Waals surface area contributed by atoms with Crippen LogP contribution in [0.15, 0.2) is 72.8 Å². The molecular formula is C24H16ClNO3. The molecule has 2 aliphatic rings. The highest BCUT2D eigenvalue weighted by Gasteiger charge is 2.47. The van der Waals surface area contributed by atoms with Gasteiger partial charge in [-0.2, -0.15) is 0 Å². The van der Waals surface area contributed by atoms with Crippen LogP contribution in [0.5, 0.6) is 0 Å². The van der Waals surface area contributed by atoms with Gasteiger partial charge in [0.1, 0.15) is 0 Å². The summed E-state index contributed by atoms with van der Waals surface area (Å²) < 4.78 is 0. The molecule has 1 heterocycles. The van der Waals surface area contributed by atoms with Crippen LogP contribution in [0, 0.1) is 5.92 Å². The molecule has 0 bridgehead atoms. The molecule has 2 amide bonds. The SMILES string of the molecule is O=C1c2ccccc2C([C@@H]2CC(=O)N(c3cccc(Cl)c3)C2=O)c2ccccc21. The predicted molar refractivity (Wildman–Crippen MR) is 110 cm³/mol. The van der Waals surface area contributed by atoms with Crippen LogP contribution in [0.3, 0.4) is 0 Å². The highest BCUT2D eigenvalue weighted by molar-refractivity contribution is 6.31. The lowest BCUT2D eigenvalue weighted by Gasteiger charge is -2.30. The van der Waals surface area contributed by atoms with Crippen molar-refractivity contribution in [1.82, 2.24) is 0 Å². The lowest BCUT2D eigenvalue weighted by atomic mass is 9.71. The number of anilines is 1. The van der Waals surface area contributed by atoms with Gasteiger partial charge in [-0.25, -0.2) is 0 Å². The second-order valence-corrected chi connectivity index (χ2v) is 7.78. The number of imide groups is 1. The number of carbonyl (C=O) groups is 3. The summed E-state index contributed by atoms with van der Waals surface area (Å²) >= 11 is 6.07. The molecule has 1 aliphatic carbocycles. The average molecular weight is 402 g/mol. The molecule has 0 unspecified atom stereocenters. The highest BCUT2D eigenvalue weighted by Crippen LogP contribution is 2.45. The molecule has 3 aromatic carbocycles. The summed E-state index contributed by atoms with van der Waals surface area (Å²) in [5.74, 6) is -1.48. The summed E-state index contributed by atoms with van der Waals surface area (Å²) in [5.41, 5.74) is 3.27. The lowest BCUT2D eigenvalue weighted by Crippen LogP contribution is -2.33. The first-order chi connectivity index (χ1) is 14.1. The van der Waals surface area contributed by atoms with E-state index in [0.29, 0.717) is 21.8 Å². The molecule has 0 saturated carbocycles. The van der Waals surface area contributed by atoms with E-state index < -0.39 is 5.92 Å². The number of amides is 2. The number of nitrogens with zero attached hydrogens (tertiary/aromatic N) is 1. The number of fused-ring (bicyclic) bond motifs is 2.